The Balaban J connectivity index is 2.50. The van der Waals surface area contributed by atoms with Crippen LogP contribution in [0, 0.1) is 5.92 Å². The number of nitrogens with one attached hydrogen (secondary N) is 3. The zero-order valence-electron chi connectivity index (χ0n) is 15.5. The lowest BCUT2D eigenvalue weighted by Gasteiger charge is -2.21. The maximum absolute atomic E-state index is 12.2. The Morgan fingerprint density at radius 2 is 1.81 bits per heavy atom. The Labute approximate surface area is 158 Å². The van der Waals surface area contributed by atoms with Gasteiger partial charge in [0.1, 0.15) is 12.6 Å². The Morgan fingerprint density at radius 3 is 2.37 bits per heavy atom. The van der Waals surface area contributed by atoms with Crippen molar-refractivity contribution >= 4 is 29.9 Å². The van der Waals surface area contributed by atoms with E-state index in [9.17, 15) is 19.2 Å². The van der Waals surface area contributed by atoms with Crippen LogP contribution in [0.15, 0.2) is 24.3 Å². The summed E-state index contributed by atoms with van der Waals surface area (Å²) in [6.45, 7) is 4.07. The number of hydrogen-bond donors (Lipinski definition) is 4. The maximum Gasteiger partial charge on any atom is 0.293 e. The molecule has 1 aromatic carbocycles. The summed E-state index contributed by atoms with van der Waals surface area (Å²) in [4.78, 5) is 46.1. The molecule has 0 fully saturated rings. The summed E-state index contributed by atoms with van der Waals surface area (Å²) in [5.41, 5.74) is 6.65. The van der Waals surface area contributed by atoms with E-state index in [1.54, 1.807) is 38.1 Å². The van der Waals surface area contributed by atoms with E-state index in [0.717, 1.165) is 5.56 Å². The van der Waals surface area contributed by atoms with Gasteiger partial charge < -0.3 is 26.4 Å². The van der Waals surface area contributed by atoms with Gasteiger partial charge in [-0.2, -0.15) is 0 Å². The number of carbonyl (C=O) groups excluding carboxylic acids is 4. The second kappa shape index (κ2) is 11.6. The average Bonchev–Trinajstić information content (AvgIpc) is 2.63. The Hall–Kier alpha value is -2.94. The number of rotatable bonds is 11. The molecule has 5 N–H and O–H groups in total. The molecule has 0 aliphatic carbocycles. The third-order valence-electron chi connectivity index (χ3n) is 3.62. The number of carbonyl (C=O) groups is 4. The van der Waals surface area contributed by atoms with Crippen molar-refractivity contribution in [3.8, 4) is 0 Å². The van der Waals surface area contributed by atoms with Crippen LogP contribution >= 0.6 is 0 Å². The molecule has 0 radical (unpaired) electrons. The van der Waals surface area contributed by atoms with Gasteiger partial charge in [-0.1, -0.05) is 26.0 Å². The summed E-state index contributed by atoms with van der Waals surface area (Å²) in [5.74, 6) is -1.30. The van der Waals surface area contributed by atoms with Crippen LogP contribution in [-0.2, 0) is 30.5 Å². The van der Waals surface area contributed by atoms with Crippen molar-refractivity contribution in [1.82, 2.24) is 10.6 Å². The lowest BCUT2D eigenvalue weighted by molar-refractivity contribution is -0.130. The minimum Gasteiger partial charge on any atom is -0.463 e. The van der Waals surface area contributed by atoms with Crippen LogP contribution in [0.4, 0.5) is 5.69 Å². The first-order valence-electron chi connectivity index (χ1n) is 8.58. The number of hydrogen-bond acceptors (Lipinski definition) is 6. The average molecular weight is 378 g/mol. The molecule has 0 aromatic heterocycles. The van der Waals surface area contributed by atoms with E-state index in [4.69, 9.17) is 5.73 Å². The second-order valence-electron chi connectivity index (χ2n) is 6.20. The summed E-state index contributed by atoms with van der Waals surface area (Å²) < 4.78 is 4.64. The summed E-state index contributed by atoms with van der Waals surface area (Å²) in [5, 5.41) is 7.77. The lowest BCUT2D eigenvalue weighted by atomic mass is 10.0. The molecule has 1 aromatic rings. The highest BCUT2D eigenvalue weighted by atomic mass is 16.5. The van der Waals surface area contributed by atoms with Gasteiger partial charge in [-0.3, -0.25) is 19.2 Å². The molecule has 0 saturated carbocycles. The zero-order chi connectivity index (χ0) is 20.2. The van der Waals surface area contributed by atoms with Gasteiger partial charge in [-0.05, 0) is 23.6 Å². The number of anilines is 1. The molecule has 148 valence electrons. The monoisotopic (exact) mass is 378 g/mol. The smallest absolute Gasteiger partial charge is 0.293 e. The van der Waals surface area contributed by atoms with Crippen LogP contribution in [-0.4, -0.2) is 43.3 Å². The van der Waals surface area contributed by atoms with Gasteiger partial charge in [0, 0.05) is 18.7 Å². The molecule has 9 heteroatoms. The van der Waals surface area contributed by atoms with Crippen molar-refractivity contribution in [2.45, 2.75) is 32.9 Å². The molecule has 0 heterocycles. The van der Waals surface area contributed by atoms with Crippen LogP contribution in [0.2, 0.25) is 0 Å². The molecular formula is C18H26N4O5. The van der Waals surface area contributed by atoms with Gasteiger partial charge in [-0.15, -0.1) is 0 Å². The van der Waals surface area contributed by atoms with E-state index < -0.39 is 17.9 Å². The van der Waals surface area contributed by atoms with E-state index in [0.29, 0.717) is 12.2 Å². The third-order valence-corrected chi connectivity index (χ3v) is 3.62. The van der Waals surface area contributed by atoms with E-state index in [-0.39, 0.29) is 37.9 Å². The molecule has 0 aliphatic rings. The fourth-order valence-corrected chi connectivity index (χ4v) is 2.21. The minimum absolute atomic E-state index is 0.130. The van der Waals surface area contributed by atoms with E-state index in [1.165, 1.54) is 0 Å². The van der Waals surface area contributed by atoms with Crippen LogP contribution < -0.4 is 21.7 Å². The molecule has 0 spiro atoms. The molecule has 1 unspecified atom stereocenters. The highest BCUT2D eigenvalue weighted by molar-refractivity contribution is 5.96. The molecule has 0 bridgehead atoms. The van der Waals surface area contributed by atoms with Crippen molar-refractivity contribution in [2.75, 3.05) is 18.4 Å². The lowest BCUT2D eigenvalue weighted by Crippen LogP contribution is -2.51. The number of amides is 3. The quantitative estimate of drug-likeness (QED) is 0.397. The van der Waals surface area contributed by atoms with Crippen molar-refractivity contribution < 1.29 is 23.9 Å². The minimum atomic E-state index is -0.742. The molecule has 1 rings (SSSR count). The number of benzene rings is 1. The third kappa shape index (κ3) is 8.32. The van der Waals surface area contributed by atoms with E-state index in [1.807, 2.05) is 0 Å². The SMILES string of the molecule is CC(C)C(NC(=O)CCN)C(=O)NCC(=O)Nc1ccc(COC=O)cc1. The molecule has 9 nitrogen and oxygen atoms in total. The van der Waals surface area contributed by atoms with Gasteiger partial charge in [-0.25, -0.2) is 0 Å². The Bertz CT molecular complexity index is 646. The van der Waals surface area contributed by atoms with Crippen LogP contribution in [0.3, 0.4) is 0 Å². The first-order chi connectivity index (χ1) is 12.9. The summed E-state index contributed by atoms with van der Waals surface area (Å²) in [7, 11) is 0. The van der Waals surface area contributed by atoms with E-state index >= 15 is 0 Å². The highest BCUT2D eigenvalue weighted by Crippen LogP contribution is 2.10. The fourth-order valence-electron chi connectivity index (χ4n) is 2.21. The van der Waals surface area contributed by atoms with E-state index in [2.05, 4.69) is 20.7 Å². The van der Waals surface area contributed by atoms with Crippen molar-refractivity contribution in [3.63, 3.8) is 0 Å². The highest BCUT2D eigenvalue weighted by Gasteiger charge is 2.24. The van der Waals surface area contributed by atoms with Crippen molar-refractivity contribution in [1.29, 1.82) is 0 Å². The Kier molecular flexibility index (Phi) is 9.52. The van der Waals surface area contributed by atoms with Gasteiger partial charge in [0.2, 0.25) is 17.7 Å². The van der Waals surface area contributed by atoms with Crippen molar-refractivity contribution in [3.05, 3.63) is 29.8 Å². The molecule has 3 amide bonds. The van der Waals surface area contributed by atoms with Gasteiger partial charge in [0.15, 0.2) is 0 Å². The first-order valence-corrected chi connectivity index (χ1v) is 8.58. The first kappa shape index (κ1) is 22.1. The number of ether oxygens (including phenoxy) is 1. The molecule has 0 saturated heterocycles. The van der Waals surface area contributed by atoms with Crippen LogP contribution in [0.1, 0.15) is 25.8 Å². The van der Waals surface area contributed by atoms with Crippen LogP contribution in [0.5, 0.6) is 0 Å². The normalized spacial score (nSPS) is 11.4. The molecule has 27 heavy (non-hydrogen) atoms. The Morgan fingerprint density at radius 1 is 1.15 bits per heavy atom. The summed E-state index contributed by atoms with van der Waals surface area (Å²) in [6, 6.07) is 5.99. The zero-order valence-corrected chi connectivity index (χ0v) is 15.5. The van der Waals surface area contributed by atoms with Crippen molar-refractivity contribution in [2.24, 2.45) is 11.7 Å². The molecular weight excluding hydrogens is 352 g/mol. The number of nitrogens with two attached hydrogens (primary N) is 1. The van der Waals surface area contributed by atoms with Gasteiger partial charge in [0.05, 0.1) is 6.54 Å². The predicted molar refractivity (Wildman–Crippen MR) is 99.4 cm³/mol. The standard InChI is InChI=1S/C18H26N4O5/c1-12(2)17(22-15(24)7-8-19)18(26)20-9-16(25)21-14-5-3-13(4-6-14)10-27-11-23/h3-6,11-12,17H,7-10,19H2,1-2H3,(H,20,26)(H,21,25)(H,22,24). The van der Waals surface area contributed by atoms with Gasteiger partial charge >= 0.3 is 0 Å². The predicted octanol–water partition coefficient (Wildman–Crippen LogP) is -0.0961. The molecule has 0 aliphatic heterocycles. The maximum atomic E-state index is 12.2. The topological polar surface area (TPSA) is 140 Å². The summed E-state index contributed by atoms with van der Waals surface area (Å²) in [6.07, 6.45) is 0.130. The molecule has 1 atom stereocenters. The van der Waals surface area contributed by atoms with Gasteiger partial charge in [0.25, 0.3) is 6.47 Å². The largest absolute Gasteiger partial charge is 0.463 e. The second-order valence-corrected chi connectivity index (χ2v) is 6.20. The fraction of sp³-hybridized carbons (Fsp3) is 0.444. The van der Waals surface area contributed by atoms with Crippen LogP contribution in [0.25, 0.3) is 0 Å². The summed E-state index contributed by atoms with van der Waals surface area (Å²) >= 11 is 0.